The Bertz CT molecular complexity index is 935. The Morgan fingerprint density at radius 2 is 1.93 bits per heavy atom. The zero-order valence-corrected chi connectivity index (χ0v) is 17.1. The first-order valence-electron chi connectivity index (χ1n) is 8.52. The Morgan fingerprint density at radius 1 is 1.18 bits per heavy atom. The van der Waals surface area contributed by atoms with Gasteiger partial charge in [-0.25, -0.2) is 13.8 Å². The van der Waals surface area contributed by atoms with E-state index in [0.29, 0.717) is 17.1 Å². The molecule has 150 valence electrons. The van der Waals surface area contributed by atoms with E-state index in [0.717, 1.165) is 4.90 Å². The molecular formula is C18H22N4O4S2. The molecule has 28 heavy (non-hydrogen) atoms. The summed E-state index contributed by atoms with van der Waals surface area (Å²) in [4.78, 5) is 13.7. The number of hydrogen-bond acceptors (Lipinski definition) is 7. The Hall–Kier alpha value is -2.27. The van der Waals surface area contributed by atoms with Crippen LogP contribution in [0, 0.1) is 5.92 Å². The summed E-state index contributed by atoms with van der Waals surface area (Å²) >= 11 is 1.56. The quantitative estimate of drug-likeness (QED) is 0.504. The van der Waals surface area contributed by atoms with E-state index >= 15 is 0 Å². The number of carbonyl (C=O) groups is 1. The number of rotatable bonds is 7. The monoisotopic (exact) mass is 422 g/mol. The lowest BCUT2D eigenvalue weighted by atomic mass is 10.1. The number of hydrazine groups is 1. The third kappa shape index (κ3) is 4.76. The Morgan fingerprint density at radius 3 is 2.61 bits per heavy atom. The van der Waals surface area contributed by atoms with Gasteiger partial charge in [0.2, 0.25) is 5.91 Å². The van der Waals surface area contributed by atoms with E-state index in [-0.39, 0.29) is 12.5 Å². The van der Waals surface area contributed by atoms with Gasteiger partial charge in [0, 0.05) is 22.8 Å². The van der Waals surface area contributed by atoms with E-state index in [1.54, 1.807) is 42.1 Å². The molecular weight excluding hydrogens is 400 g/mol. The van der Waals surface area contributed by atoms with Crippen LogP contribution in [0.5, 0.6) is 5.75 Å². The molecule has 10 heteroatoms. The van der Waals surface area contributed by atoms with Crippen LogP contribution in [0.25, 0.3) is 0 Å². The van der Waals surface area contributed by atoms with Crippen LogP contribution in [0.3, 0.4) is 0 Å². The van der Waals surface area contributed by atoms with Gasteiger partial charge in [-0.05, 0) is 48.7 Å². The molecule has 1 heterocycles. The first-order valence-corrected chi connectivity index (χ1v) is 11.3. The number of sulfonamides is 1. The molecule has 8 nitrogen and oxygen atoms in total. The average Bonchev–Trinajstić information content (AvgIpc) is 3.20. The Labute approximate surface area is 168 Å². The molecule has 2 aromatic rings. The van der Waals surface area contributed by atoms with Gasteiger partial charge in [-0.2, -0.15) is 0 Å². The number of carbonyl (C=O) groups excluding carboxylic acids is 1. The van der Waals surface area contributed by atoms with Crippen molar-refractivity contribution in [2.24, 2.45) is 5.92 Å². The average molecular weight is 423 g/mol. The summed E-state index contributed by atoms with van der Waals surface area (Å²) in [6.07, 6.45) is 1.94. The molecule has 0 saturated carbocycles. The van der Waals surface area contributed by atoms with Crippen molar-refractivity contribution >= 4 is 39.1 Å². The molecule has 3 rings (SSSR count). The SMILES string of the molecule is COc1ccc(NS(=O)(=O)C2NNCC2C(=O)Nc2cccc(SC)c2)cc1. The van der Waals surface area contributed by atoms with Crippen LogP contribution in [-0.2, 0) is 14.8 Å². The molecule has 2 atom stereocenters. The van der Waals surface area contributed by atoms with E-state index in [4.69, 9.17) is 4.74 Å². The van der Waals surface area contributed by atoms with Gasteiger partial charge in [0.15, 0.2) is 5.37 Å². The number of ether oxygens (including phenoxy) is 1. The van der Waals surface area contributed by atoms with Gasteiger partial charge in [-0.1, -0.05) is 6.07 Å². The summed E-state index contributed by atoms with van der Waals surface area (Å²) in [5, 5.41) is 1.69. The number of anilines is 2. The van der Waals surface area contributed by atoms with Gasteiger partial charge in [0.05, 0.1) is 13.0 Å². The van der Waals surface area contributed by atoms with Crippen molar-refractivity contribution in [2.75, 3.05) is 29.9 Å². The molecule has 0 radical (unpaired) electrons. The highest BCUT2D eigenvalue weighted by Gasteiger charge is 2.41. The Kier molecular flexibility index (Phi) is 6.45. The maximum Gasteiger partial charge on any atom is 0.250 e. The minimum atomic E-state index is -3.86. The van der Waals surface area contributed by atoms with E-state index < -0.39 is 21.3 Å². The Balaban J connectivity index is 1.72. The lowest BCUT2D eigenvalue weighted by Crippen LogP contribution is -2.45. The highest BCUT2D eigenvalue weighted by Crippen LogP contribution is 2.23. The van der Waals surface area contributed by atoms with E-state index in [1.165, 1.54) is 7.11 Å². The maximum atomic E-state index is 12.8. The van der Waals surface area contributed by atoms with Crippen molar-refractivity contribution in [3.63, 3.8) is 0 Å². The van der Waals surface area contributed by atoms with E-state index in [1.807, 2.05) is 24.5 Å². The fourth-order valence-corrected chi connectivity index (χ4v) is 4.77. The second-order valence-electron chi connectivity index (χ2n) is 6.15. The molecule has 0 aromatic heterocycles. The van der Waals surface area contributed by atoms with Crippen molar-refractivity contribution < 1.29 is 17.9 Å². The molecule has 1 saturated heterocycles. The van der Waals surface area contributed by atoms with Gasteiger partial charge in [-0.15, -0.1) is 11.8 Å². The van der Waals surface area contributed by atoms with Gasteiger partial charge in [0.1, 0.15) is 5.75 Å². The lowest BCUT2D eigenvalue weighted by Gasteiger charge is -2.19. The maximum absolute atomic E-state index is 12.8. The van der Waals surface area contributed by atoms with Crippen molar-refractivity contribution in [1.82, 2.24) is 10.9 Å². The highest BCUT2D eigenvalue weighted by atomic mass is 32.2. The third-order valence-electron chi connectivity index (χ3n) is 4.29. The smallest absolute Gasteiger partial charge is 0.250 e. The van der Waals surface area contributed by atoms with Crippen molar-refractivity contribution in [1.29, 1.82) is 0 Å². The zero-order chi connectivity index (χ0) is 20.1. The summed E-state index contributed by atoms with van der Waals surface area (Å²) in [6, 6.07) is 13.9. The second-order valence-corrected chi connectivity index (χ2v) is 8.83. The predicted molar refractivity (Wildman–Crippen MR) is 111 cm³/mol. The van der Waals surface area contributed by atoms with Gasteiger partial charge in [0.25, 0.3) is 10.0 Å². The minimum absolute atomic E-state index is 0.197. The summed E-state index contributed by atoms with van der Waals surface area (Å²) in [5.41, 5.74) is 6.47. The lowest BCUT2D eigenvalue weighted by molar-refractivity contribution is -0.119. The minimum Gasteiger partial charge on any atom is -0.497 e. The first kappa shape index (κ1) is 20.5. The molecule has 2 unspecified atom stereocenters. The number of thioether (sulfide) groups is 1. The molecule has 1 fully saturated rings. The van der Waals surface area contributed by atoms with Crippen LogP contribution in [0.4, 0.5) is 11.4 Å². The van der Waals surface area contributed by atoms with Gasteiger partial charge in [-0.3, -0.25) is 14.9 Å². The van der Waals surface area contributed by atoms with Crippen molar-refractivity contribution in [3.8, 4) is 5.75 Å². The predicted octanol–water partition coefficient (Wildman–Crippen LogP) is 1.85. The number of benzene rings is 2. The summed E-state index contributed by atoms with van der Waals surface area (Å²) < 4.78 is 33.2. The topological polar surface area (TPSA) is 109 Å². The van der Waals surface area contributed by atoms with E-state index in [9.17, 15) is 13.2 Å². The number of hydrogen-bond donors (Lipinski definition) is 4. The number of amides is 1. The molecule has 0 spiro atoms. The third-order valence-corrected chi connectivity index (χ3v) is 6.65. The van der Waals surface area contributed by atoms with Crippen LogP contribution in [0.2, 0.25) is 0 Å². The summed E-state index contributed by atoms with van der Waals surface area (Å²) in [5.74, 6) is -0.553. The van der Waals surface area contributed by atoms with E-state index in [2.05, 4.69) is 20.9 Å². The van der Waals surface area contributed by atoms with Gasteiger partial charge >= 0.3 is 0 Å². The van der Waals surface area contributed by atoms with Crippen LogP contribution in [-0.4, -0.2) is 39.6 Å². The number of methoxy groups -OCH3 is 1. The molecule has 1 amide bonds. The van der Waals surface area contributed by atoms with Crippen molar-refractivity contribution in [3.05, 3.63) is 48.5 Å². The normalized spacial score (nSPS) is 19.2. The van der Waals surface area contributed by atoms with Crippen LogP contribution >= 0.6 is 11.8 Å². The van der Waals surface area contributed by atoms with Crippen molar-refractivity contribution in [2.45, 2.75) is 10.3 Å². The summed E-state index contributed by atoms with van der Waals surface area (Å²) in [6.45, 7) is 0.197. The largest absolute Gasteiger partial charge is 0.497 e. The standard InChI is InChI=1S/C18H22N4O4S2/c1-26-14-8-6-12(7-9-14)22-28(24,25)18-16(11-19-21-18)17(23)20-13-4-3-5-15(10-13)27-2/h3-10,16,18-19,21-22H,11H2,1-2H3,(H,20,23). The molecule has 1 aliphatic heterocycles. The zero-order valence-electron chi connectivity index (χ0n) is 15.4. The van der Waals surface area contributed by atoms with Gasteiger partial charge < -0.3 is 10.1 Å². The first-order chi connectivity index (χ1) is 13.4. The summed E-state index contributed by atoms with van der Waals surface area (Å²) in [7, 11) is -2.33. The molecule has 1 aliphatic rings. The fraction of sp³-hybridized carbons (Fsp3) is 0.278. The fourth-order valence-electron chi connectivity index (χ4n) is 2.82. The molecule has 2 aromatic carbocycles. The number of nitrogens with one attached hydrogen (secondary N) is 4. The molecule has 0 aliphatic carbocycles. The molecule has 4 N–H and O–H groups in total. The second kappa shape index (κ2) is 8.82. The van der Waals surface area contributed by atoms with Crippen LogP contribution in [0.1, 0.15) is 0 Å². The van der Waals surface area contributed by atoms with Crippen LogP contribution in [0.15, 0.2) is 53.4 Å². The highest BCUT2D eigenvalue weighted by molar-refractivity contribution is 7.98. The van der Waals surface area contributed by atoms with Crippen LogP contribution < -0.4 is 25.6 Å². The molecule has 0 bridgehead atoms.